The quantitative estimate of drug-likeness (QED) is 0.101. The van der Waals surface area contributed by atoms with Crippen LogP contribution in [0.15, 0.2) is 33.9 Å². The van der Waals surface area contributed by atoms with Crippen molar-refractivity contribution in [2.24, 2.45) is 40.5 Å². The number of carbonyl (C=O) groups is 4. The highest BCUT2D eigenvalue weighted by Gasteiger charge is 2.63. The van der Waals surface area contributed by atoms with E-state index in [0.717, 1.165) is 6.92 Å². The third-order valence-electron chi connectivity index (χ3n) is 13.0. The van der Waals surface area contributed by atoms with Gasteiger partial charge in [0.1, 0.15) is 41.1 Å². The first-order chi connectivity index (χ1) is 28.9. The van der Waals surface area contributed by atoms with Gasteiger partial charge in [0.05, 0.1) is 17.8 Å². The smallest absolute Gasteiger partial charge is 0.351 e. The van der Waals surface area contributed by atoms with Crippen LogP contribution in [0.3, 0.4) is 0 Å². The molecule has 0 radical (unpaired) electrons. The van der Waals surface area contributed by atoms with E-state index in [4.69, 9.17) is 44.5 Å². The second kappa shape index (κ2) is 18.7. The van der Waals surface area contributed by atoms with E-state index in [1.165, 1.54) is 21.0 Å². The monoisotopic (exact) mass is 874 g/mol. The van der Waals surface area contributed by atoms with Gasteiger partial charge in [0, 0.05) is 42.9 Å². The van der Waals surface area contributed by atoms with E-state index in [1.54, 1.807) is 73.0 Å². The maximum Gasteiger partial charge on any atom is 0.351 e. The van der Waals surface area contributed by atoms with Gasteiger partial charge in [-0.05, 0) is 80.1 Å². The summed E-state index contributed by atoms with van der Waals surface area (Å²) in [5.41, 5.74) is 6.54. The first kappa shape index (κ1) is 48.5. The van der Waals surface area contributed by atoms with Crippen LogP contribution in [0.25, 0.3) is 11.5 Å². The SMILES string of the molecule is CC[C@@H]1OC(=O)[C@@](C)(F)C(=O)[C@H](C)[C@@H](OC2O[C@H](C)C[C@H](N(C)C)[C@H]2O)[C@](C)(OC)C[C@@H](C)C(=O)[C@H](C)[C@H]2[C@H](/C(N)=N/O[C@@H](C)c3cc(-c4cccc(N)n4)on3)C(=O)O[C@@]21C. The fraction of sp³-hybridized carbons (Fsp3) is 0.698. The lowest BCUT2D eigenvalue weighted by molar-refractivity contribution is -0.295. The summed E-state index contributed by atoms with van der Waals surface area (Å²) in [7, 11) is 4.96. The number of rotatable bonds is 10. The second-order valence-electron chi connectivity index (χ2n) is 17.8. The number of ether oxygens (including phenoxy) is 5. The minimum Gasteiger partial charge on any atom is -0.455 e. The minimum atomic E-state index is -3.26. The fourth-order valence-electron chi connectivity index (χ4n) is 9.39. The van der Waals surface area contributed by atoms with Crippen molar-refractivity contribution in [3.05, 3.63) is 30.0 Å². The van der Waals surface area contributed by atoms with Crippen LogP contribution in [0.4, 0.5) is 10.2 Å². The van der Waals surface area contributed by atoms with Crippen molar-refractivity contribution < 1.29 is 61.7 Å². The standard InChI is InChI=1S/C43H63FN6O12/c1-13-29-43(9)32(31(38(54)60-43)37(46)49-61-24(6)26-18-28(62-48-26)25-15-14-16-30(45)47-25)22(4)33(51)20(2)19-41(7,56-12)36(23(5)35(53)42(8,44)40(55)58-29)59-39-34(52)27(50(10)11)17-21(3)57-39/h14-16,18,20-24,27,29,31-32,34,36,39,52H,13,17,19H2,1-12H3,(H2,45,47)(H2,46,49)/t20-,21-,22-,23+,24+,27+,29+,31-,32+,34-,36-,39?,41-,42+,43-/m1/s1. The summed E-state index contributed by atoms with van der Waals surface area (Å²) in [6.07, 6.45) is -6.10. The predicted octanol–water partition coefficient (Wildman–Crippen LogP) is 3.93. The Morgan fingerprint density at radius 2 is 1.79 bits per heavy atom. The first-order valence-corrected chi connectivity index (χ1v) is 21.0. The van der Waals surface area contributed by atoms with Gasteiger partial charge in [0.2, 0.25) is 0 Å². The molecule has 0 spiro atoms. The topological polar surface area (TPSA) is 250 Å². The molecule has 0 saturated carbocycles. The number of hydrogen-bond donors (Lipinski definition) is 3. The number of esters is 2. The van der Waals surface area contributed by atoms with E-state index in [9.17, 15) is 24.3 Å². The zero-order chi connectivity index (χ0) is 46.2. The van der Waals surface area contributed by atoms with E-state index in [2.05, 4.69) is 15.3 Å². The molecule has 5 heterocycles. The van der Waals surface area contributed by atoms with Crippen molar-refractivity contribution in [1.82, 2.24) is 15.0 Å². The zero-order valence-electron chi connectivity index (χ0n) is 37.6. The van der Waals surface area contributed by atoms with Gasteiger partial charge in [0.25, 0.3) is 5.67 Å². The van der Waals surface area contributed by atoms with Crippen LogP contribution in [0.5, 0.6) is 0 Å². The number of amidine groups is 1. The molecule has 2 aromatic rings. The molecule has 2 aromatic heterocycles. The van der Waals surface area contributed by atoms with Crippen molar-refractivity contribution in [2.45, 2.75) is 141 Å². The Labute approximate surface area is 361 Å². The maximum absolute atomic E-state index is 17.0. The van der Waals surface area contributed by atoms with Crippen LogP contribution in [-0.2, 0) is 47.7 Å². The van der Waals surface area contributed by atoms with Crippen LogP contribution < -0.4 is 11.5 Å². The molecule has 0 aromatic carbocycles. The molecular formula is C43H63FN6O12. The number of Topliss-reactive ketones (excluding diaryl/α,β-unsaturated/α-hetero) is 2. The van der Waals surface area contributed by atoms with E-state index < -0.39 is 101 Å². The van der Waals surface area contributed by atoms with Gasteiger partial charge in [-0.2, -0.15) is 0 Å². The van der Waals surface area contributed by atoms with E-state index in [0.29, 0.717) is 23.6 Å². The van der Waals surface area contributed by atoms with Crippen LogP contribution in [-0.4, -0.2) is 124 Å². The minimum absolute atomic E-state index is 0.0222. The highest BCUT2D eigenvalue weighted by atomic mass is 19.1. The number of alkyl halides is 1. The number of ketones is 2. The number of nitrogens with two attached hydrogens (primary N) is 2. The first-order valence-electron chi connectivity index (χ1n) is 21.0. The molecule has 0 bridgehead atoms. The van der Waals surface area contributed by atoms with Crippen LogP contribution in [0.2, 0.25) is 0 Å². The Balaban J connectivity index is 1.53. The van der Waals surface area contributed by atoms with Crippen LogP contribution >= 0.6 is 0 Å². The lowest BCUT2D eigenvalue weighted by Crippen LogP contribution is -2.61. The lowest BCUT2D eigenvalue weighted by Gasteiger charge is -2.47. The van der Waals surface area contributed by atoms with Gasteiger partial charge in [-0.15, -0.1) is 0 Å². The van der Waals surface area contributed by atoms with E-state index in [-0.39, 0.29) is 36.4 Å². The number of nitrogen functional groups attached to an aromatic ring is 1. The molecule has 62 heavy (non-hydrogen) atoms. The summed E-state index contributed by atoms with van der Waals surface area (Å²) in [6, 6.07) is 6.20. The lowest BCUT2D eigenvalue weighted by atomic mass is 9.67. The predicted molar refractivity (Wildman–Crippen MR) is 221 cm³/mol. The van der Waals surface area contributed by atoms with Crippen molar-refractivity contribution in [3.8, 4) is 11.5 Å². The van der Waals surface area contributed by atoms with E-state index in [1.807, 2.05) is 11.8 Å². The van der Waals surface area contributed by atoms with Gasteiger partial charge in [-0.25, -0.2) is 14.2 Å². The molecule has 0 aliphatic carbocycles. The molecule has 19 heteroatoms. The molecule has 3 aliphatic rings. The normalized spacial score (nSPS) is 38.2. The number of hydrogen-bond acceptors (Lipinski definition) is 17. The summed E-state index contributed by atoms with van der Waals surface area (Å²) in [5.74, 6) is -9.64. The summed E-state index contributed by atoms with van der Waals surface area (Å²) in [6.45, 7) is 13.6. The number of nitrogens with zero attached hydrogens (tertiary/aromatic N) is 4. The fourth-order valence-corrected chi connectivity index (χ4v) is 9.39. The number of oxime groups is 1. The summed E-state index contributed by atoms with van der Waals surface area (Å²) in [5, 5.41) is 19.6. The third kappa shape index (κ3) is 9.37. The van der Waals surface area contributed by atoms with Crippen molar-refractivity contribution >= 4 is 35.2 Å². The molecule has 15 atom stereocenters. The number of fused-ring (bicyclic) bond motifs is 1. The molecule has 18 nitrogen and oxygen atoms in total. The van der Waals surface area contributed by atoms with Crippen LogP contribution in [0, 0.1) is 29.6 Å². The Morgan fingerprint density at radius 1 is 1.11 bits per heavy atom. The number of aliphatic hydroxyl groups excluding tert-OH is 1. The van der Waals surface area contributed by atoms with Gasteiger partial charge in [-0.1, -0.05) is 44.1 Å². The number of likely N-dealkylation sites (N-methyl/N-ethyl adjacent to an activating group) is 1. The molecule has 0 amide bonds. The average molecular weight is 875 g/mol. The Morgan fingerprint density at radius 3 is 2.40 bits per heavy atom. The number of aromatic nitrogens is 2. The Kier molecular flexibility index (Phi) is 14.6. The zero-order valence-corrected chi connectivity index (χ0v) is 37.6. The number of anilines is 1. The summed E-state index contributed by atoms with van der Waals surface area (Å²) >= 11 is 0. The Hall–Kier alpha value is -4.56. The molecule has 1 unspecified atom stereocenters. The van der Waals surface area contributed by atoms with Crippen molar-refractivity contribution in [3.63, 3.8) is 0 Å². The molecule has 3 fully saturated rings. The van der Waals surface area contributed by atoms with E-state index >= 15 is 4.39 Å². The summed E-state index contributed by atoms with van der Waals surface area (Å²) in [4.78, 5) is 68.8. The number of halogens is 1. The van der Waals surface area contributed by atoms with Crippen molar-refractivity contribution in [1.29, 1.82) is 0 Å². The molecule has 344 valence electrons. The number of cyclic esters (lactones) is 1. The van der Waals surface area contributed by atoms with Crippen molar-refractivity contribution in [2.75, 3.05) is 26.9 Å². The third-order valence-corrected chi connectivity index (χ3v) is 13.0. The molecular weight excluding hydrogens is 812 g/mol. The van der Waals surface area contributed by atoms with Gasteiger partial charge in [-0.3, -0.25) is 14.4 Å². The molecule has 5 N–H and O–H groups in total. The molecule has 5 rings (SSSR count). The van der Waals surface area contributed by atoms with Gasteiger partial charge >= 0.3 is 11.9 Å². The largest absolute Gasteiger partial charge is 0.455 e. The molecule has 3 aliphatic heterocycles. The highest BCUT2D eigenvalue weighted by Crippen LogP contribution is 2.48. The number of carbonyl (C=O) groups excluding carboxylic acids is 4. The molecule has 3 saturated heterocycles. The highest BCUT2D eigenvalue weighted by molar-refractivity contribution is 6.08. The maximum atomic E-state index is 17.0. The second-order valence-corrected chi connectivity index (χ2v) is 17.8. The summed E-state index contributed by atoms with van der Waals surface area (Å²) < 4.78 is 52.8. The number of pyridine rings is 1. The van der Waals surface area contributed by atoms with Gasteiger partial charge < -0.3 is 54.5 Å². The van der Waals surface area contributed by atoms with Crippen LogP contribution in [0.1, 0.15) is 93.4 Å². The van der Waals surface area contributed by atoms with Gasteiger partial charge in [0.15, 0.2) is 35.4 Å². The average Bonchev–Trinajstić information content (AvgIpc) is 3.82. The number of aliphatic hydroxyl groups is 1. The number of methoxy groups -OCH3 is 1. The Bertz CT molecular complexity index is 2000.